The Morgan fingerprint density at radius 3 is 2.67 bits per heavy atom. The van der Waals surface area contributed by atoms with Crippen molar-refractivity contribution in [3.63, 3.8) is 0 Å². The lowest BCUT2D eigenvalue weighted by Gasteiger charge is -2.17. The predicted molar refractivity (Wildman–Crippen MR) is 73.2 cm³/mol. The highest BCUT2D eigenvalue weighted by Gasteiger charge is 2.35. The van der Waals surface area contributed by atoms with Crippen molar-refractivity contribution in [1.29, 1.82) is 0 Å². The third-order valence-electron chi connectivity index (χ3n) is 3.97. The lowest BCUT2D eigenvalue weighted by atomic mass is 10.0. The molecule has 1 aromatic carbocycles. The summed E-state index contributed by atoms with van der Waals surface area (Å²) in [5.74, 6) is 2.50. The highest BCUT2D eigenvalue weighted by molar-refractivity contribution is 6.32. The number of benzene rings is 1. The van der Waals surface area contributed by atoms with Crippen LogP contribution in [0.25, 0.3) is 0 Å². The quantitative estimate of drug-likeness (QED) is 0.901. The number of fused-ring (bicyclic) bond motifs is 1. The summed E-state index contributed by atoms with van der Waals surface area (Å²) in [6, 6.07) is 7.66. The van der Waals surface area contributed by atoms with Crippen LogP contribution in [0.2, 0.25) is 5.02 Å². The van der Waals surface area contributed by atoms with Crippen molar-refractivity contribution in [3.8, 4) is 5.75 Å². The van der Waals surface area contributed by atoms with E-state index in [1.165, 1.54) is 26.2 Å². The Bertz CT molecular complexity index is 401. The molecule has 2 saturated heterocycles. The Labute approximate surface area is 113 Å². The molecular formula is C14H19ClN2O. The molecule has 0 amide bonds. The Kier molecular flexibility index (Phi) is 3.73. The molecule has 2 fully saturated rings. The van der Waals surface area contributed by atoms with E-state index in [0.29, 0.717) is 5.02 Å². The van der Waals surface area contributed by atoms with Crippen LogP contribution in [-0.2, 0) is 0 Å². The van der Waals surface area contributed by atoms with Crippen molar-refractivity contribution >= 4 is 11.6 Å². The summed E-state index contributed by atoms with van der Waals surface area (Å²) >= 11 is 6.05. The maximum Gasteiger partial charge on any atom is 0.137 e. The van der Waals surface area contributed by atoms with E-state index in [1.54, 1.807) is 0 Å². The SMILES string of the molecule is Clc1ccccc1OCCN1C[C@H]2CNC[C@H]2C1. The van der Waals surface area contributed by atoms with Gasteiger partial charge >= 0.3 is 0 Å². The summed E-state index contributed by atoms with van der Waals surface area (Å²) in [4.78, 5) is 2.51. The van der Waals surface area contributed by atoms with Gasteiger partial charge < -0.3 is 10.1 Å². The number of halogens is 1. The zero-order valence-electron chi connectivity index (χ0n) is 10.4. The van der Waals surface area contributed by atoms with Crippen LogP contribution in [0.3, 0.4) is 0 Å². The summed E-state index contributed by atoms with van der Waals surface area (Å²) in [6.07, 6.45) is 0. The fourth-order valence-electron chi connectivity index (χ4n) is 2.98. The first-order chi connectivity index (χ1) is 8.83. The molecule has 4 heteroatoms. The Balaban J connectivity index is 1.44. The second-order valence-electron chi connectivity index (χ2n) is 5.22. The molecule has 0 saturated carbocycles. The highest BCUT2D eigenvalue weighted by Crippen LogP contribution is 2.26. The number of para-hydroxylation sites is 1. The van der Waals surface area contributed by atoms with Crippen molar-refractivity contribution in [3.05, 3.63) is 29.3 Å². The topological polar surface area (TPSA) is 24.5 Å². The number of nitrogens with zero attached hydrogens (tertiary/aromatic N) is 1. The maximum absolute atomic E-state index is 6.05. The molecule has 0 aliphatic carbocycles. The summed E-state index contributed by atoms with van der Waals surface area (Å²) in [5.41, 5.74) is 0. The van der Waals surface area contributed by atoms with E-state index in [2.05, 4.69) is 10.2 Å². The van der Waals surface area contributed by atoms with E-state index < -0.39 is 0 Å². The van der Waals surface area contributed by atoms with Crippen molar-refractivity contribution in [2.24, 2.45) is 11.8 Å². The van der Waals surface area contributed by atoms with Gasteiger partial charge in [0, 0.05) is 19.6 Å². The average molecular weight is 267 g/mol. The third kappa shape index (κ3) is 2.63. The fourth-order valence-corrected chi connectivity index (χ4v) is 3.17. The van der Waals surface area contributed by atoms with Gasteiger partial charge in [-0.15, -0.1) is 0 Å². The third-order valence-corrected chi connectivity index (χ3v) is 4.28. The van der Waals surface area contributed by atoms with E-state index in [1.807, 2.05) is 24.3 Å². The molecular weight excluding hydrogens is 248 g/mol. The standard InChI is InChI=1S/C14H19ClN2O/c15-13-3-1-2-4-14(13)18-6-5-17-9-11-7-16-8-12(11)10-17/h1-4,11-12,16H,5-10H2/t11-,12+. The molecule has 2 atom stereocenters. The minimum Gasteiger partial charge on any atom is -0.491 e. The highest BCUT2D eigenvalue weighted by atomic mass is 35.5. The van der Waals surface area contributed by atoms with E-state index in [9.17, 15) is 0 Å². The normalized spacial score (nSPS) is 27.4. The van der Waals surface area contributed by atoms with Crippen LogP contribution in [0.15, 0.2) is 24.3 Å². The van der Waals surface area contributed by atoms with Crippen molar-refractivity contribution < 1.29 is 4.74 Å². The number of ether oxygens (including phenoxy) is 1. The Morgan fingerprint density at radius 1 is 1.22 bits per heavy atom. The first-order valence-corrected chi connectivity index (χ1v) is 7.01. The number of nitrogens with one attached hydrogen (secondary N) is 1. The van der Waals surface area contributed by atoms with Crippen LogP contribution in [0, 0.1) is 11.8 Å². The van der Waals surface area contributed by atoms with E-state index in [0.717, 1.165) is 30.7 Å². The zero-order chi connectivity index (χ0) is 12.4. The van der Waals surface area contributed by atoms with Crippen LogP contribution < -0.4 is 10.1 Å². The molecule has 18 heavy (non-hydrogen) atoms. The minimum absolute atomic E-state index is 0.694. The Morgan fingerprint density at radius 2 is 1.94 bits per heavy atom. The number of hydrogen-bond acceptors (Lipinski definition) is 3. The van der Waals surface area contributed by atoms with Crippen LogP contribution >= 0.6 is 11.6 Å². The predicted octanol–water partition coefficient (Wildman–Crippen LogP) is 1.87. The zero-order valence-corrected chi connectivity index (χ0v) is 11.2. The molecule has 0 bridgehead atoms. The monoisotopic (exact) mass is 266 g/mol. The summed E-state index contributed by atoms with van der Waals surface area (Å²) in [6.45, 7) is 6.51. The average Bonchev–Trinajstić information content (AvgIpc) is 2.92. The largest absolute Gasteiger partial charge is 0.491 e. The molecule has 2 aliphatic heterocycles. The summed E-state index contributed by atoms with van der Waals surface area (Å²) < 4.78 is 5.73. The van der Waals surface area contributed by atoms with Crippen molar-refractivity contribution in [2.75, 3.05) is 39.3 Å². The molecule has 0 radical (unpaired) electrons. The molecule has 3 rings (SSSR count). The number of likely N-dealkylation sites (tertiary alicyclic amines) is 1. The van der Waals surface area contributed by atoms with Gasteiger partial charge in [0.15, 0.2) is 0 Å². The molecule has 3 nitrogen and oxygen atoms in total. The van der Waals surface area contributed by atoms with Gasteiger partial charge in [-0.3, -0.25) is 4.90 Å². The number of rotatable bonds is 4. The van der Waals surface area contributed by atoms with Crippen LogP contribution in [0.4, 0.5) is 0 Å². The van der Waals surface area contributed by atoms with Gasteiger partial charge in [-0.1, -0.05) is 23.7 Å². The van der Waals surface area contributed by atoms with Gasteiger partial charge in [0.25, 0.3) is 0 Å². The smallest absolute Gasteiger partial charge is 0.137 e. The van der Waals surface area contributed by atoms with Gasteiger partial charge in [0.1, 0.15) is 12.4 Å². The van der Waals surface area contributed by atoms with Gasteiger partial charge in [-0.2, -0.15) is 0 Å². The van der Waals surface area contributed by atoms with E-state index in [4.69, 9.17) is 16.3 Å². The molecule has 2 aliphatic rings. The molecule has 2 heterocycles. The minimum atomic E-state index is 0.694. The molecule has 0 spiro atoms. The van der Waals surface area contributed by atoms with Gasteiger partial charge in [0.05, 0.1) is 5.02 Å². The molecule has 98 valence electrons. The Hall–Kier alpha value is -0.770. The van der Waals surface area contributed by atoms with Crippen LogP contribution in [-0.4, -0.2) is 44.2 Å². The summed E-state index contributed by atoms with van der Waals surface area (Å²) in [5, 5.41) is 4.15. The van der Waals surface area contributed by atoms with E-state index in [-0.39, 0.29) is 0 Å². The first kappa shape index (κ1) is 12.3. The number of hydrogen-bond donors (Lipinski definition) is 1. The second kappa shape index (κ2) is 5.47. The van der Waals surface area contributed by atoms with E-state index >= 15 is 0 Å². The van der Waals surface area contributed by atoms with Crippen LogP contribution in [0.1, 0.15) is 0 Å². The first-order valence-electron chi connectivity index (χ1n) is 6.63. The summed E-state index contributed by atoms with van der Waals surface area (Å²) in [7, 11) is 0. The van der Waals surface area contributed by atoms with Crippen molar-refractivity contribution in [2.45, 2.75) is 0 Å². The van der Waals surface area contributed by atoms with Gasteiger partial charge in [-0.25, -0.2) is 0 Å². The molecule has 1 aromatic rings. The lowest BCUT2D eigenvalue weighted by Crippen LogP contribution is -2.29. The van der Waals surface area contributed by atoms with Gasteiger partial charge in [0.2, 0.25) is 0 Å². The fraction of sp³-hybridized carbons (Fsp3) is 0.571. The van der Waals surface area contributed by atoms with Crippen molar-refractivity contribution in [1.82, 2.24) is 10.2 Å². The van der Waals surface area contributed by atoms with Gasteiger partial charge in [-0.05, 0) is 37.1 Å². The second-order valence-corrected chi connectivity index (χ2v) is 5.62. The molecule has 0 aromatic heterocycles. The van der Waals surface area contributed by atoms with Crippen LogP contribution in [0.5, 0.6) is 5.75 Å². The lowest BCUT2D eigenvalue weighted by molar-refractivity contribution is 0.228. The maximum atomic E-state index is 6.05. The molecule has 1 N–H and O–H groups in total. The molecule has 0 unspecified atom stereocenters.